The largest absolute Gasteiger partial charge is 0.269 e. The van der Waals surface area contributed by atoms with Crippen molar-refractivity contribution in [1.29, 1.82) is 0 Å². The Morgan fingerprint density at radius 3 is 1.71 bits per heavy atom. The number of hydrogen-bond donors (Lipinski definition) is 0. The summed E-state index contributed by atoms with van der Waals surface area (Å²) in [6.45, 7) is 1.74. The monoisotopic (exact) mass is 282 g/mol. The molecule has 4 amide bonds. The first kappa shape index (κ1) is 13.0. The van der Waals surface area contributed by atoms with Crippen LogP contribution >= 0.6 is 0 Å². The minimum absolute atomic E-state index is 0.322. The molecule has 21 heavy (non-hydrogen) atoms. The Hall–Kier alpha value is -3.02. The third-order valence-corrected chi connectivity index (χ3v) is 3.31. The molecule has 0 spiro atoms. The maximum atomic E-state index is 11.8. The first-order valence-electron chi connectivity index (χ1n) is 6.22. The van der Waals surface area contributed by atoms with E-state index in [1.807, 2.05) is 0 Å². The second-order valence-corrected chi connectivity index (χ2v) is 4.66. The number of imide groups is 2. The van der Waals surface area contributed by atoms with Crippen LogP contribution in [-0.2, 0) is 19.2 Å². The first-order valence-corrected chi connectivity index (χ1v) is 6.22. The molecule has 0 aliphatic carbocycles. The fourth-order valence-corrected chi connectivity index (χ4v) is 2.27. The van der Waals surface area contributed by atoms with Gasteiger partial charge in [-0.05, 0) is 24.6 Å². The van der Waals surface area contributed by atoms with Gasteiger partial charge in [0.2, 0.25) is 0 Å². The summed E-state index contributed by atoms with van der Waals surface area (Å²) in [4.78, 5) is 48.9. The van der Waals surface area contributed by atoms with Gasteiger partial charge in [0.05, 0.1) is 11.4 Å². The van der Waals surface area contributed by atoms with Crippen LogP contribution in [0.25, 0.3) is 0 Å². The number of nitrogens with zero attached hydrogens (tertiary/aromatic N) is 2. The van der Waals surface area contributed by atoms with Crippen LogP contribution in [0.4, 0.5) is 11.4 Å². The van der Waals surface area contributed by atoms with Gasteiger partial charge in [0.1, 0.15) is 0 Å². The highest BCUT2D eigenvalue weighted by Gasteiger charge is 2.29. The summed E-state index contributed by atoms with van der Waals surface area (Å²) in [5.74, 6) is -1.80. The van der Waals surface area contributed by atoms with Gasteiger partial charge in [-0.25, -0.2) is 9.80 Å². The van der Waals surface area contributed by atoms with Gasteiger partial charge in [0, 0.05) is 24.3 Å². The summed E-state index contributed by atoms with van der Waals surface area (Å²) >= 11 is 0. The van der Waals surface area contributed by atoms with Gasteiger partial charge < -0.3 is 0 Å². The summed E-state index contributed by atoms with van der Waals surface area (Å²) < 4.78 is 0. The topological polar surface area (TPSA) is 74.8 Å². The molecular formula is C15H10N2O4. The molecule has 2 aliphatic rings. The van der Waals surface area contributed by atoms with Crippen molar-refractivity contribution in [1.82, 2.24) is 0 Å². The maximum absolute atomic E-state index is 11.8. The third-order valence-electron chi connectivity index (χ3n) is 3.31. The number of anilines is 2. The summed E-state index contributed by atoms with van der Waals surface area (Å²) in [6.07, 6.45) is 4.72. The number of rotatable bonds is 2. The number of carbonyl (C=O) groups is 4. The molecule has 0 atom stereocenters. The third kappa shape index (κ3) is 1.97. The molecule has 104 valence electrons. The minimum Gasteiger partial charge on any atom is -0.269 e. The van der Waals surface area contributed by atoms with E-state index in [2.05, 4.69) is 0 Å². The molecular weight excluding hydrogens is 272 g/mol. The van der Waals surface area contributed by atoms with Crippen molar-refractivity contribution in [3.8, 4) is 0 Å². The van der Waals surface area contributed by atoms with Gasteiger partial charge in [-0.15, -0.1) is 0 Å². The molecule has 0 N–H and O–H groups in total. The lowest BCUT2D eigenvalue weighted by Gasteiger charge is -2.20. The highest BCUT2D eigenvalue weighted by Crippen LogP contribution is 2.30. The summed E-state index contributed by atoms with van der Waals surface area (Å²) in [5.41, 5.74) is 1.37. The Labute approximate surface area is 119 Å². The molecule has 0 fully saturated rings. The van der Waals surface area contributed by atoms with E-state index >= 15 is 0 Å². The van der Waals surface area contributed by atoms with Gasteiger partial charge in [0.25, 0.3) is 23.6 Å². The van der Waals surface area contributed by atoms with Gasteiger partial charge in [-0.3, -0.25) is 19.2 Å². The van der Waals surface area contributed by atoms with Crippen molar-refractivity contribution in [2.45, 2.75) is 6.92 Å². The van der Waals surface area contributed by atoms with Crippen molar-refractivity contribution in [3.63, 3.8) is 0 Å². The molecule has 3 rings (SSSR count). The zero-order valence-electron chi connectivity index (χ0n) is 11.1. The summed E-state index contributed by atoms with van der Waals surface area (Å²) in [6, 6.07) is 4.74. The van der Waals surface area contributed by atoms with Gasteiger partial charge in [-0.2, -0.15) is 0 Å². The van der Waals surface area contributed by atoms with Crippen LogP contribution in [0, 0.1) is 6.92 Å². The Morgan fingerprint density at radius 1 is 0.714 bits per heavy atom. The van der Waals surface area contributed by atoms with E-state index in [1.165, 1.54) is 30.4 Å². The van der Waals surface area contributed by atoms with E-state index in [0.717, 1.165) is 9.80 Å². The molecule has 0 saturated carbocycles. The average molecular weight is 282 g/mol. The molecule has 2 heterocycles. The molecule has 0 unspecified atom stereocenters. The van der Waals surface area contributed by atoms with E-state index in [4.69, 9.17) is 0 Å². The zero-order valence-corrected chi connectivity index (χ0v) is 11.1. The van der Waals surface area contributed by atoms with E-state index in [9.17, 15) is 19.2 Å². The molecule has 0 aromatic heterocycles. The smallest absolute Gasteiger partial charge is 0.258 e. The van der Waals surface area contributed by atoms with Gasteiger partial charge in [-0.1, -0.05) is 6.07 Å². The molecule has 0 bridgehead atoms. The number of aryl methyl sites for hydroxylation is 1. The number of carbonyl (C=O) groups excluding carboxylic acids is 4. The summed E-state index contributed by atoms with van der Waals surface area (Å²) in [5, 5.41) is 0. The van der Waals surface area contributed by atoms with Crippen LogP contribution in [0.15, 0.2) is 42.5 Å². The van der Waals surface area contributed by atoms with E-state index in [-0.39, 0.29) is 0 Å². The van der Waals surface area contributed by atoms with E-state index in [1.54, 1.807) is 19.1 Å². The Bertz CT molecular complexity index is 725. The fraction of sp³-hybridized carbons (Fsp3) is 0.0667. The lowest BCUT2D eigenvalue weighted by molar-refractivity contribution is -0.121. The number of benzene rings is 1. The molecule has 1 aromatic carbocycles. The second kappa shape index (κ2) is 4.52. The van der Waals surface area contributed by atoms with Crippen LogP contribution in [0.1, 0.15) is 5.56 Å². The van der Waals surface area contributed by atoms with Crippen molar-refractivity contribution in [3.05, 3.63) is 48.1 Å². The highest BCUT2D eigenvalue weighted by atomic mass is 16.2. The Kier molecular flexibility index (Phi) is 2.79. The average Bonchev–Trinajstić information content (AvgIpc) is 2.95. The molecule has 0 radical (unpaired) electrons. The highest BCUT2D eigenvalue weighted by molar-refractivity contribution is 6.30. The van der Waals surface area contributed by atoms with Gasteiger partial charge in [0.15, 0.2) is 0 Å². The normalized spacial score (nSPS) is 17.6. The number of hydrogen-bond acceptors (Lipinski definition) is 4. The van der Waals surface area contributed by atoms with Crippen LogP contribution in [-0.4, -0.2) is 23.6 Å². The van der Waals surface area contributed by atoms with Crippen LogP contribution in [0.3, 0.4) is 0 Å². The quantitative estimate of drug-likeness (QED) is 0.754. The molecule has 6 nitrogen and oxygen atoms in total. The lowest BCUT2D eigenvalue weighted by Crippen LogP contribution is -2.32. The SMILES string of the molecule is Cc1ccc(N2C(=O)C=CC2=O)cc1N1C(=O)C=CC1=O. The molecule has 1 aromatic rings. The second-order valence-electron chi connectivity index (χ2n) is 4.66. The lowest BCUT2D eigenvalue weighted by atomic mass is 10.1. The molecule has 0 saturated heterocycles. The van der Waals surface area contributed by atoms with Crippen molar-refractivity contribution < 1.29 is 19.2 Å². The predicted molar refractivity (Wildman–Crippen MR) is 74.4 cm³/mol. The van der Waals surface area contributed by atoms with Crippen molar-refractivity contribution in [2.24, 2.45) is 0 Å². The van der Waals surface area contributed by atoms with Crippen LogP contribution in [0.5, 0.6) is 0 Å². The zero-order chi connectivity index (χ0) is 15.1. The minimum atomic E-state index is -0.452. The van der Waals surface area contributed by atoms with E-state index < -0.39 is 23.6 Å². The van der Waals surface area contributed by atoms with Crippen LogP contribution < -0.4 is 9.80 Å². The van der Waals surface area contributed by atoms with Crippen molar-refractivity contribution >= 4 is 35.0 Å². The van der Waals surface area contributed by atoms with Crippen molar-refractivity contribution in [2.75, 3.05) is 9.80 Å². The molecule has 6 heteroatoms. The maximum Gasteiger partial charge on any atom is 0.258 e. The first-order chi connectivity index (χ1) is 9.99. The fourth-order valence-electron chi connectivity index (χ4n) is 2.27. The predicted octanol–water partition coefficient (Wildman–Crippen LogP) is 0.854. The van der Waals surface area contributed by atoms with Crippen LogP contribution in [0.2, 0.25) is 0 Å². The standard InChI is InChI=1S/C15H10N2O4/c1-9-2-3-10(16-12(18)4-5-13(16)19)8-11(9)17-14(20)6-7-15(17)21/h2-8H,1H3. The summed E-state index contributed by atoms with van der Waals surface area (Å²) in [7, 11) is 0. The Balaban J connectivity index is 2.05. The van der Waals surface area contributed by atoms with E-state index in [0.29, 0.717) is 16.9 Å². The Morgan fingerprint density at radius 2 is 1.19 bits per heavy atom. The number of amides is 4. The molecule has 2 aliphatic heterocycles. The van der Waals surface area contributed by atoms with Gasteiger partial charge >= 0.3 is 0 Å².